The largest absolute Gasteiger partial charge is 0.305 e. The van der Waals surface area contributed by atoms with E-state index in [-0.39, 0.29) is 0 Å². The van der Waals surface area contributed by atoms with Crippen LogP contribution in [-0.2, 0) is 0 Å². The molecule has 2 heterocycles. The molecule has 70 valence electrons. The normalized spacial score (nSPS) is 30.0. The van der Waals surface area contributed by atoms with E-state index in [1.54, 1.807) is 0 Å². The summed E-state index contributed by atoms with van der Waals surface area (Å²) in [6, 6.07) is 0. The van der Waals surface area contributed by atoms with Gasteiger partial charge in [-0.2, -0.15) is 0 Å². The summed E-state index contributed by atoms with van der Waals surface area (Å²) in [5.74, 6) is 0. The smallest absolute Gasteiger partial charge is 0.0212 e. The Balaban J connectivity index is 1.85. The molecule has 0 aromatic heterocycles. The van der Waals surface area contributed by atoms with Gasteiger partial charge in [0.25, 0.3) is 0 Å². The van der Waals surface area contributed by atoms with Crippen LogP contribution in [0, 0.1) is 5.41 Å². The zero-order valence-corrected chi connectivity index (χ0v) is 8.72. The number of rotatable bonds is 0. The van der Waals surface area contributed by atoms with Gasteiger partial charge in [-0.15, -0.1) is 0 Å². The summed E-state index contributed by atoms with van der Waals surface area (Å²) >= 11 is 0. The molecular formula is C10H20N2. The molecule has 2 fully saturated rings. The highest BCUT2D eigenvalue weighted by molar-refractivity contribution is 5.07. The maximum atomic E-state index is 2.58. The predicted octanol–water partition coefficient (Wildman–Crippen LogP) is 1.03. The highest BCUT2D eigenvalue weighted by Crippen LogP contribution is 2.41. The molecule has 2 nitrogen and oxygen atoms in total. The van der Waals surface area contributed by atoms with Crippen molar-refractivity contribution in [3.63, 3.8) is 0 Å². The topological polar surface area (TPSA) is 6.48 Å². The van der Waals surface area contributed by atoms with Crippen molar-refractivity contribution in [1.82, 2.24) is 9.80 Å². The Kier molecular flexibility index (Phi) is 1.59. The molecule has 0 saturated carbocycles. The third-order valence-corrected chi connectivity index (χ3v) is 3.21. The second-order valence-electron chi connectivity index (χ2n) is 5.70. The monoisotopic (exact) mass is 168 g/mol. The lowest BCUT2D eigenvalue weighted by atomic mass is 9.71. The second kappa shape index (κ2) is 2.24. The van der Waals surface area contributed by atoms with E-state index in [1.165, 1.54) is 26.2 Å². The summed E-state index contributed by atoms with van der Waals surface area (Å²) in [6.45, 7) is 12.2. The van der Waals surface area contributed by atoms with E-state index < -0.39 is 0 Å². The SMILES string of the molecule is CN1CC2(C1)CN(C(C)(C)C)C2. The third-order valence-electron chi connectivity index (χ3n) is 3.21. The van der Waals surface area contributed by atoms with Gasteiger partial charge >= 0.3 is 0 Å². The summed E-state index contributed by atoms with van der Waals surface area (Å²) in [4.78, 5) is 5.00. The molecule has 0 radical (unpaired) electrons. The van der Waals surface area contributed by atoms with Crippen LogP contribution < -0.4 is 0 Å². The Hall–Kier alpha value is -0.0800. The van der Waals surface area contributed by atoms with Crippen molar-refractivity contribution >= 4 is 0 Å². The van der Waals surface area contributed by atoms with E-state index in [1.807, 2.05) is 0 Å². The molecule has 0 unspecified atom stereocenters. The van der Waals surface area contributed by atoms with Crippen LogP contribution in [0.25, 0.3) is 0 Å². The molecule has 2 saturated heterocycles. The fourth-order valence-electron chi connectivity index (χ4n) is 2.54. The molecule has 0 bridgehead atoms. The fourth-order valence-corrected chi connectivity index (χ4v) is 2.54. The van der Waals surface area contributed by atoms with Crippen LogP contribution in [0.1, 0.15) is 20.8 Å². The van der Waals surface area contributed by atoms with Gasteiger partial charge in [-0.25, -0.2) is 0 Å². The lowest BCUT2D eigenvalue weighted by Gasteiger charge is -2.63. The van der Waals surface area contributed by atoms with Gasteiger partial charge < -0.3 is 4.90 Å². The number of likely N-dealkylation sites (tertiary alicyclic amines) is 2. The van der Waals surface area contributed by atoms with Crippen LogP contribution in [0.2, 0.25) is 0 Å². The average Bonchev–Trinajstić information content (AvgIpc) is 1.71. The minimum atomic E-state index is 0.388. The van der Waals surface area contributed by atoms with Crippen molar-refractivity contribution in [3.8, 4) is 0 Å². The van der Waals surface area contributed by atoms with Crippen LogP contribution >= 0.6 is 0 Å². The van der Waals surface area contributed by atoms with Crippen LogP contribution in [0.3, 0.4) is 0 Å². The minimum absolute atomic E-state index is 0.388. The first-order valence-corrected chi connectivity index (χ1v) is 4.85. The van der Waals surface area contributed by atoms with Gasteiger partial charge in [0.2, 0.25) is 0 Å². The Morgan fingerprint density at radius 3 is 1.83 bits per heavy atom. The summed E-state index contributed by atoms with van der Waals surface area (Å²) < 4.78 is 0. The zero-order valence-electron chi connectivity index (χ0n) is 8.72. The van der Waals surface area contributed by atoms with Gasteiger partial charge in [-0.1, -0.05) is 0 Å². The van der Waals surface area contributed by atoms with E-state index in [2.05, 4.69) is 37.6 Å². The quantitative estimate of drug-likeness (QED) is 0.533. The standard InChI is InChI=1S/C10H20N2/c1-9(2,3)12-7-10(8-12)5-11(4)6-10/h5-8H2,1-4H3. The molecule has 0 aliphatic carbocycles. The fraction of sp³-hybridized carbons (Fsp3) is 1.00. The van der Waals surface area contributed by atoms with Crippen molar-refractivity contribution < 1.29 is 0 Å². The van der Waals surface area contributed by atoms with Crippen LogP contribution in [-0.4, -0.2) is 48.6 Å². The Bertz CT molecular complexity index is 179. The molecule has 0 atom stereocenters. The molecule has 0 aromatic rings. The molecule has 2 aliphatic rings. The van der Waals surface area contributed by atoms with Gasteiger partial charge in [-0.3, -0.25) is 4.90 Å². The third kappa shape index (κ3) is 1.17. The van der Waals surface area contributed by atoms with Crippen LogP contribution in [0.4, 0.5) is 0 Å². The summed E-state index contributed by atoms with van der Waals surface area (Å²) in [6.07, 6.45) is 0. The predicted molar refractivity (Wildman–Crippen MR) is 51.3 cm³/mol. The maximum absolute atomic E-state index is 2.58. The summed E-state index contributed by atoms with van der Waals surface area (Å²) in [5.41, 5.74) is 1.08. The maximum Gasteiger partial charge on any atom is 0.0212 e. The summed E-state index contributed by atoms with van der Waals surface area (Å²) in [7, 11) is 2.21. The first-order chi connectivity index (χ1) is 5.41. The first-order valence-electron chi connectivity index (χ1n) is 4.85. The molecule has 2 rings (SSSR count). The van der Waals surface area contributed by atoms with Gasteiger partial charge in [0, 0.05) is 37.1 Å². The van der Waals surface area contributed by atoms with Crippen LogP contribution in [0.15, 0.2) is 0 Å². The first kappa shape index (κ1) is 8.52. The van der Waals surface area contributed by atoms with Gasteiger partial charge in [0.1, 0.15) is 0 Å². The van der Waals surface area contributed by atoms with Crippen LogP contribution in [0.5, 0.6) is 0 Å². The number of hydrogen-bond acceptors (Lipinski definition) is 2. The van der Waals surface area contributed by atoms with Crippen molar-refractivity contribution in [2.45, 2.75) is 26.3 Å². The van der Waals surface area contributed by atoms with Crippen molar-refractivity contribution in [3.05, 3.63) is 0 Å². The van der Waals surface area contributed by atoms with E-state index in [0.717, 1.165) is 0 Å². The molecule has 12 heavy (non-hydrogen) atoms. The highest BCUT2D eigenvalue weighted by atomic mass is 15.3. The molecule has 0 aromatic carbocycles. The molecule has 2 heteroatoms. The summed E-state index contributed by atoms with van der Waals surface area (Å²) in [5, 5.41) is 0. The van der Waals surface area contributed by atoms with Gasteiger partial charge in [0.15, 0.2) is 0 Å². The second-order valence-corrected chi connectivity index (χ2v) is 5.70. The van der Waals surface area contributed by atoms with Crippen molar-refractivity contribution in [2.24, 2.45) is 5.41 Å². The average molecular weight is 168 g/mol. The van der Waals surface area contributed by atoms with Gasteiger partial charge in [-0.05, 0) is 27.8 Å². The number of hydrogen-bond donors (Lipinski definition) is 0. The molecule has 1 spiro atoms. The Labute approximate surface area is 75.5 Å². The van der Waals surface area contributed by atoms with E-state index >= 15 is 0 Å². The zero-order chi connectivity index (χ0) is 8.98. The molecule has 0 amide bonds. The van der Waals surface area contributed by atoms with Crippen molar-refractivity contribution in [2.75, 3.05) is 33.2 Å². The molecular weight excluding hydrogens is 148 g/mol. The van der Waals surface area contributed by atoms with Crippen molar-refractivity contribution in [1.29, 1.82) is 0 Å². The molecule has 2 aliphatic heterocycles. The van der Waals surface area contributed by atoms with Gasteiger partial charge in [0.05, 0.1) is 0 Å². The van der Waals surface area contributed by atoms with E-state index in [9.17, 15) is 0 Å². The minimum Gasteiger partial charge on any atom is -0.305 e. The molecule has 0 N–H and O–H groups in total. The lowest BCUT2D eigenvalue weighted by molar-refractivity contribution is -0.136. The van der Waals surface area contributed by atoms with E-state index in [0.29, 0.717) is 11.0 Å². The number of nitrogens with zero attached hydrogens (tertiary/aromatic N) is 2. The van der Waals surface area contributed by atoms with E-state index in [4.69, 9.17) is 0 Å². The Morgan fingerprint density at radius 1 is 1.00 bits per heavy atom. The lowest BCUT2D eigenvalue weighted by Crippen LogP contribution is -2.73. The Morgan fingerprint density at radius 2 is 1.50 bits per heavy atom. The highest BCUT2D eigenvalue weighted by Gasteiger charge is 2.52.